The summed E-state index contributed by atoms with van der Waals surface area (Å²) in [5.41, 5.74) is 2.57. The molecule has 0 bridgehead atoms. The maximum Gasteiger partial charge on any atom is 0.408 e. The van der Waals surface area contributed by atoms with E-state index in [1.807, 2.05) is 66.6 Å². The van der Waals surface area contributed by atoms with Crippen LogP contribution in [0, 0.1) is 0 Å². The monoisotopic (exact) mass is 542 g/mol. The summed E-state index contributed by atoms with van der Waals surface area (Å²) < 4.78 is 9.70. The van der Waals surface area contributed by atoms with Crippen LogP contribution >= 0.6 is 0 Å². The number of nitrogens with zero attached hydrogens (tertiary/aromatic N) is 3. The third-order valence-corrected chi connectivity index (χ3v) is 6.06. The lowest BCUT2D eigenvalue weighted by atomic mass is 10.1. The Morgan fingerprint density at radius 2 is 1.63 bits per heavy atom. The largest absolute Gasteiger partial charge is 1.00 e. The van der Waals surface area contributed by atoms with Crippen molar-refractivity contribution in [3.05, 3.63) is 66.0 Å². The highest BCUT2D eigenvalue weighted by atomic mass is 79.9. The van der Waals surface area contributed by atoms with E-state index in [0.29, 0.717) is 6.54 Å². The zero-order valence-corrected chi connectivity index (χ0v) is 22.4. The smallest absolute Gasteiger partial charge is 0.408 e. The Balaban J connectivity index is 0.00000342. The fraction of sp³-hybridized carbons (Fsp3) is 0.444. The predicted molar refractivity (Wildman–Crippen MR) is 131 cm³/mol. The highest BCUT2D eigenvalue weighted by molar-refractivity contribution is 5.77. The minimum absolute atomic E-state index is 0. The lowest BCUT2D eigenvalue weighted by molar-refractivity contribution is -0.668. The average molecular weight is 544 g/mol. The van der Waals surface area contributed by atoms with Gasteiger partial charge in [-0.15, -0.1) is 0 Å². The Kier molecular flexibility index (Phi) is 8.94. The Morgan fingerprint density at radius 3 is 2.31 bits per heavy atom. The molecule has 1 aromatic heterocycles. The van der Waals surface area contributed by atoms with E-state index >= 15 is 0 Å². The van der Waals surface area contributed by atoms with Crippen LogP contribution in [0.1, 0.15) is 51.4 Å². The summed E-state index contributed by atoms with van der Waals surface area (Å²) in [6, 6.07) is 18.3. The zero-order valence-electron chi connectivity index (χ0n) is 20.8. The van der Waals surface area contributed by atoms with Crippen LogP contribution in [0.3, 0.4) is 0 Å². The number of nitrogens with one attached hydrogen (secondary N) is 1. The van der Waals surface area contributed by atoms with Crippen molar-refractivity contribution in [1.82, 2.24) is 14.8 Å². The van der Waals surface area contributed by atoms with Gasteiger partial charge in [0, 0.05) is 13.1 Å². The standard InChI is InChI=1S/C27H34N4O3.BrH/c1-27(2,3)34-26(33)28-18-24-30(19-21-12-6-4-7-13-21)22-14-8-9-15-23(22)31(24)20-25(32)29-16-10-5-11-17-29;/h4,6-9,12-15H,5,10-11,16-20H2,1-3H3;1H. The summed E-state index contributed by atoms with van der Waals surface area (Å²) in [5, 5.41) is 2.91. The second-order valence-electron chi connectivity index (χ2n) is 9.86. The number of fused-ring (bicyclic) bond motifs is 1. The van der Waals surface area contributed by atoms with Gasteiger partial charge in [0.15, 0.2) is 17.6 Å². The van der Waals surface area contributed by atoms with E-state index in [1.54, 1.807) is 0 Å². The molecule has 0 atom stereocenters. The number of amides is 2. The van der Waals surface area contributed by atoms with Gasteiger partial charge in [-0.2, -0.15) is 0 Å². The van der Waals surface area contributed by atoms with Crippen molar-refractivity contribution in [1.29, 1.82) is 0 Å². The number of ether oxygens (including phenoxy) is 1. The number of alkyl carbamates (subject to hydrolysis) is 1. The lowest BCUT2D eigenvalue weighted by Gasteiger charge is -2.26. The number of hydrogen-bond acceptors (Lipinski definition) is 3. The molecule has 1 aliphatic heterocycles. The van der Waals surface area contributed by atoms with Crippen LogP contribution in [0.4, 0.5) is 4.79 Å². The van der Waals surface area contributed by atoms with Crippen LogP contribution in [0.15, 0.2) is 54.6 Å². The van der Waals surface area contributed by atoms with Gasteiger partial charge in [-0.3, -0.25) is 4.79 Å². The van der Waals surface area contributed by atoms with Gasteiger partial charge >= 0.3 is 6.09 Å². The minimum Gasteiger partial charge on any atom is -1.00 e. The normalized spacial score (nSPS) is 13.9. The van der Waals surface area contributed by atoms with E-state index in [0.717, 1.165) is 48.4 Å². The molecule has 1 N–H and O–H groups in total. The van der Waals surface area contributed by atoms with E-state index in [9.17, 15) is 9.59 Å². The highest BCUT2D eigenvalue weighted by Crippen LogP contribution is 2.18. The second kappa shape index (κ2) is 11.7. The first-order valence-corrected chi connectivity index (χ1v) is 12.1. The average Bonchev–Trinajstić information content (AvgIpc) is 3.10. The van der Waals surface area contributed by atoms with E-state index < -0.39 is 11.7 Å². The summed E-state index contributed by atoms with van der Waals surface area (Å²) >= 11 is 0. The molecule has 0 unspecified atom stereocenters. The van der Waals surface area contributed by atoms with Gasteiger partial charge in [-0.1, -0.05) is 42.5 Å². The van der Waals surface area contributed by atoms with Gasteiger partial charge in [-0.05, 0) is 57.7 Å². The van der Waals surface area contributed by atoms with Gasteiger partial charge < -0.3 is 31.9 Å². The molecule has 4 rings (SSSR count). The molecule has 35 heavy (non-hydrogen) atoms. The first-order valence-electron chi connectivity index (χ1n) is 12.1. The summed E-state index contributed by atoms with van der Waals surface area (Å²) in [4.78, 5) is 27.7. The molecule has 1 fully saturated rings. The van der Waals surface area contributed by atoms with Gasteiger partial charge in [0.05, 0.1) is 0 Å². The van der Waals surface area contributed by atoms with E-state index in [-0.39, 0.29) is 36.0 Å². The first-order chi connectivity index (χ1) is 16.3. The van der Waals surface area contributed by atoms with Crippen molar-refractivity contribution >= 4 is 23.0 Å². The molecule has 0 saturated carbocycles. The zero-order chi connectivity index (χ0) is 24.1. The van der Waals surface area contributed by atoms with Crippen molar-refractivity contribution in [2.75, 3.05) is 13.1 Å². The van der Waals surface area contributed by atoms with E-state index in [2.05, 4.69) is 28.1 Å². The number of piperidine rings is 1. The molecule has 8 heteroatoms. The molecule has 0 spiro atoms. The van der Waals surface area contributed by atoms with Crippen molar-refractivity contribution in [3.63, 3.8) is 0 Å². The Hall–Kier alpha value is -2.87. The molecule has 3 aromatic rings. The highest BCUT2D eigenvalue weighted by Gasteiger charge is 2.29. The lowest BCUT2D eigenvalue weighted by Crippen LogP contribution is -3.00. The van der Waals surface area contributed by atoms with Crippen LogP contribution < -0.4 is 26.9 Å². The van der Waals surface area contributed by atoms with Gasteiger partial charge in [0.1, 0.15) is 18.7 Å². The van der Waals surface area contributed by atoms with Crippen molar-refractivity contribution < 1.29 is 35.9 Å². The van der Waals surface area contributed by atoms with Crippen molar-refractivity contribution in [2.45, 2.75) is 65.3 Å². The fourth-order valence-corrected chi connectivity index (χ4v) is 4.50. The molecule has 1 aliphatic rings. The van der Waals surface area contributed by atoms with Gasteiger partial charge in [-0.25, -0.2) is 13.9 Å². The molecule has 1 saturated heterocycles. The summed E-state index contributed by atoms with van der Waals surface area (Å²) in [6.45, 7) is 8.29. The number of halogens is 1. The molecule has 0 aliphatic carbocycles. The van der Waals surface area contributed by atoms with Crippen molar-refractivity contribution in [3.8, 4) is 0 Å². The number of carbonyl (C=O) groups excluding carboxylic acids is 2. The maximum absolute atomic E-state index is 13.2. The topological polar surface area (TPSA) is 67.5 Å². The SMILES string of the molecule is CC(C)(C)OC(=O)NCc1n(Cc2ccccc2)c2ccccc2[n+]1CC(=O)N1CCCCC1.[Br-]. The molecule has 2 amide bonds. The third-order valence-electron chi connectivity index (χ3n) is 6.06. The van der Waals surface area contributed by atoms with E-state index in [4.69, 9.17) is 4.74 Å². The van der Waals surface area contributed by atoms with E-state index in [1.165, 1.54) is 6.42 Å². The molecule has 0 radical (unpaired) electrons. The number of imidazole rings is 1. The summed E-state index contributed by atoms with van der Waals surface area (Å²) in [6.07, 6.45) is 2.81. The number of aromatic nitrogens is 2. The van der Waals surface area contributed by atoms with Crippen LogP contribution in [0.25, 0.3) is 11.0 Å². The number of para-hydroxylation sites is 2. The number of likely N-dealkylation sites (tertiary alicyclic amines) is 1. The van der Waals surface area contributed by atoms with Crippen LogP contribution in [0.2, 0.25) is 0 Å². The third kappa shape index (κ3) is 6.84. The summed E-state index contributed by atoms with van der Waals surface area (Å²) in [5.74, 6) is 0.979. The molecule has 188 valence electrons. The first kappa shape index (κ1) is 26.7. The maximum atomic E-state index is 13.2. The quantitative estimate of drug-likeness (QED) is 0.473. The fourth-order valence-electron chi connectivity index (χ4n) is 4.50. The second-order valence-corrected chi connectivity index (χ2v) is 9.86. The number of hydrogen-bond donors (Lipinski definition) is 1. The van der Waals surface area contributed by atoms with Gasteiger partial charge in [0.25, 0.3) is 11.7 Å². The van der Waals surface area contributed by atoms with Crippen LogP contribution in [-0.2, 0) is 29.2 Å². The molecular formula is C27H35BrN4O3. The molecule has 7 nitrogen and oxygen atoms in total. The molecular weight excluding hydrogens is 508 g/mol. The number of carbonyl (C=O) groups is 2. The minimum atomic E-state index is -0.582. The Bertz CT molecular complexity index is 1150. The number of benzene rings is 2. The van der Waals surface area contributed by atoms with Crippen LogP contribution in [-0.4, -0.2) is 40.2 Å². The Labute approximate surface area is 217 Å². The predicted octanol–water partition coefficient (Wildman–Crippen LogP) is 1.02. The molecule has 2 heterocycles. The number of rotatable bonds is 6. The summed E-state index contributed by atoms with van der Waals surface area (Å²) in [7, 11) is 0. The Morgan fingerprint density at radius 1 is 0.971 bits per heavy atom. The van der Waals surface area contributed by atoms with Crippen molar-refractivity contribution in [2.24, 2.45) is 0 Å². The van der Waals surface area contributed by atoms with Gasteiger partial charge in [0.2, 0.25) is 0 Å². The van der Waals surface area contributed by atoms with Crippen LogP contribution in [0.5, 0.6) is 0 Å². The molecule has 2 aromatic carbocycles.